The molecule has 4 heteroatoms. The van der Waals surface area contributed by atoms with Gasteiger partial charge in [-0.1, -0.05) is 50.6 Å². The Hall–Kier alpha value is -1.39. The summed E-state index contributed by atoms with van der Waals surface area (Å²) in [6.45, 7) is 9.00. The molecule has 0 bridgehead atoms. The highest BCUT2D eigenvalue weighted by atomic mass is 16.5. The van der Waals surface area contributed by atoms with Crippen molar-refractivity contribution >= 4 is 5.97 Å². The number of carbonyl (C=O) groups is 1. The van der Waals surface area contributed by atoms with Gasteiger partial charge in [-0.2, -0.15) is 0 Å². The van der Waals surface area contributed by atoms with Crippen LogP contribution in [0.1, 0.15) is 45.1 Å². The van der Waals surface area contributed by atoms with Crippen LogP contribution in [0.25, 0.3) is 0 Å². The lowest BCUT2D eigenvalue weighted by Crippen LogP contribution is -2.44. The van der Waals surface area contributed by atoms with Gasteiger partial charge in [-0.15, -0.1) is 0 Å². The number of nitrogens with one attached hydrogen (secondary N) is 1. The van der Waals surface area contributed by atoms with Crippen molar-refractivity contribution in [3.05, 3.63) is 35.9 Å². The monoisotopic (exact) mass is 346 g/mol. The average molecular weight is 347 g/mol. The largest absolute Gasteiger partial charge is 0.465 e. The van der Waals surface area contributed by atoms with Gasteiger partial charge >= 0.3 is 5.97 Å². The van der Waals surface area contributed by atoms with Crippen LogP contribution in [0.2, 0.25) is 0 Å². The summed E-state index contributed by atoms with van der Waals surface area (Å²) in [4.78, 5) is 15.0. The van der Waals surface area contributed by atoms with E-state index in [4.69, 9.17) is 4.74 Å². The maximum Gasteiger partial charge on any atom is 0.323 e. The van der Waals surface area contributed by atoms with E-state index < -0.39 is 0 Å². The highest BCUT2D eigenvalue weighted by molar-refractivity contribution is 5.76. The summed E-state index contributed by atoms with van der Waals surface area (Å²) in [5, 5.41) is 3.44. The molecule has 1 heterocycles. The fourth-order valence-electron chi connectivity index (χ4n) is 3.16. The number of likely N-dealkylation sites (tertiary alicyclic amines) is 1. The van der Waals surface area contributed by atoms with Crippen LogP contribution in [0.15, 0.2) is 30.3 Å². The standard InChI is InChI=1S/C21H34N2O2/c1-18(2)11-16-25-21(24)20(17-19-9-5-3-6-10-19)22-12-15-23-13-7-4-8-14-23/h3,5-6,9-10,18,20,22H,4,7-8,11-17H2,1-2H3. The molecule has 1 aliphatic heterocycles. The molecule has 1 unspecified atom stereocenters. The predicted molar refractivity (Wildman–Crippen MR) is 103 cm³/mol. The van der Waals surface area contributed by atoms with Crippen LogP contribution in [-0.2, 0) is 16.0 Å². The number of piperidine rings is 1. The first kappa shape index (κ1) is 19.9. The van der Waals surface area contributed by atoms with Gasteiger partial charge in [0.2, 0.25) is 0 Å². The number of benzene rings is 1. The van der Waals surface area contributed by atoms with E-state index in [-0.39, 0.29) is 12.0 Å². The van der Waals surface area contributed by atoms with Crippen LogP contribution in [-0.4, -0.2) is 49.7 Å². The molecule has 1 N–H and O–H groups in total. The smallest absolute Gasteiger partial charge is 0.323 e. The lowest BCUT2D eigenvalue weighted by molar-refractivity contribution is -0.146. The Balaban J connectivity index is 1.83. The summed E-state index contributed by atoms with van der Waals surface area (Å²) in [5.41, 5.74) is 1.17. The molecule has 0 spiro atoms. The minimum Gasteiger partial charge on any atom is -0.465 e. The van der Waals surface area contributed by atoms with E-state index in [1.54, 1.807) is 0 Å². The zero-order valence-electron chi connectivity index (χ0n) is 15.9. The van der Waals surface area contributed by atoms with Crippen molar-refractivity contribution in [2.24, 2.45) is 5.92 Å². The zero-order valence-corrected chi connectivity index (χ0v) is 15.9. The second-order valence-corrected chi connectivity index (χ2v) is 7.45. The number of hydrogen-bond donors (Lipinski definition) is 1. The summed E-state index contributed by atoms with van der Waals surface area (Å²) >= 11 is 0. The fourth-order valence-corrected chi connectivity index (χ4v) is 3.16. The Bertz CT molecular complexity index is 484. The van der Waals surface area contributed by atoms with Gasteiger partial charge in [0.15, 0.2) is 0 Å². The molecule has 1 aromatic rings. The van der Waals surface area contributed by atoms with Crippen molar-refractivity contribution in [1.29, 1.82) is 0 Å². The molecule has 0 amide bonds. The van der Waals surface area contributed by atoms with Crippen molar-refractivity contribution in [1.82, 2.24) is 10.2 Å². The molecule has 2 rings (SSSR count). The Morgan fingerprint density at radius 3 is 2.56 bits per heavy atom. The zero-order chi connectivity index (χ0) is 17.9. The average Bonchev–Trinajstić information content (AvgIpc) is 2.62. The Labute approximate surface area is 152 Å². The van der Waals surface area contributed by atoms with E-state index in [2.05, 4.69) is 36.2 Å². The van der Waals surface area contributed by atoms with Crippen LogP contribution in [0, 0.1) is 5.92 Å². The number of esters is 1. The van der Waals surface area contributed by atoms with Crippen LogP contribution < -0.4 is 5.32 Å². The van der Waals surface area contributed by atoms with E-state index in [1.165, 1.54) is 37.9 Å². The number of nitrogens with zero attached hydrogens (tertiary/aromatic N) is 1. The molecule has 0 aliphatic carbocycles. The Morgan fingerprint density at radius 1 is 1.16 bits per heavy atom. The molecule has 4 nitrogen and oxygen atoms in total. The normalized spacial score (nSPS) is 16.8. The van der Waals surface area contributed by atoms with Crippen LogP contribution in [0.5, 0.6) is 0 Å². The van der Waals surface area contributed by atoms with Gasteiger partial charge in [-0.25, -0.2) is 0 Å². The van der Waals surface area contributed by atoms with E-state index in [1.807, 2.05) is 18.2 Å². The molecule has 1 fully saturated rings. The minimum atomic E-state index is -0.264. The van der Waals surface area contributed by atoms with Gasteiger partial charge in [0.1, 0.15) is 6.04 Å². The molecule has 0 radical (unpaired) electrons. The predicted octanol–water partition coefficient (Wildman–Crippen LogP) is 3.26. The number of ether oxygens (including phenoxy) is 1. The van der Waals surface area contributed by atoms with E-state index in [0.29, 0.717) is 18.9 Å². The van der Waals surface area contributed by atoms with Gasteiger partial charge in [-0.3, -0.25) is 4.79 Å². The molecule has 25 heavy (non-hydrogen) atoms. The molecule has 0 saturated carbocycles. The highest BCUT2D eigenvalue weighted by Gasteiger charge is 2.20. The van der Waals surface area contributed by atoms with Gasteiger partial charge in [-0.05, 0) is 50.3 Å². The van der Waals surface area contributed by atoms with E-state index in [0.717, 1.165) is 19.5 Å². The third-order valence-electron chi connectivity index (χ3n) is 4.77. The summed E-state index contributed by atoms with van der Waals surface area (Å²) in [6, 6.07) is 9.92. The topological polar surface area (TPSA) is 41.6 Å². The van der Waals surface area contributed by atoms with E-state index >= 15 is 0 Å². The summed E-state index contributed by atoms with van der Waals surface area (Å²) in [7, 11) is 0. The quantitative estimate of drug-likeness (QED) is 0.660. The molecule has 1 aliphatic rings. The van der Waals surface area contributed by atoms with Crippen molar-refractivity contribution in [3.8, 4) is 0 Å². The number of hydrogen-bond acceptors (Lipinski definition) is 4. The summed E-state index contributed by atoms with van der Waals surface area (Å²) in [6.07, 6.45) is 5.54. The number of rotatable bonds is 10. The first-order valence-electron chi connectivity index (χ1n) is 9.81. The number of carbonyl (C=O) groups excluding carboxylic acids is 1. The first-order valence-corrected chi connectivity index (χ1v) is 9.81. The SMILES string of the molecule is CC(C)CCOC(=O)C(Cc1ccccc1)NCCN1CCCCC1. The van der Waals surface area contributed by atoms with Crippen molar-refractivity contribution in [2.45, 2.75) is 52.0 Å². The summed E-state index contributed by atoms with van der Waals surface area (Å²) in [5.74, 6) is 0.426. The van der Waals surface area contributed by atoms with Crippen LogP contribution in [0.4, 0.5) is 0 Å². The van der Waals surface area contributed by atoms with Gasteiger partial charge in [0.05, 0.1) is 6.61 Å². The molecular formula is C21H34N2O2. The fraction of sp³-hybridized carbons (Fsp3) is 0.667. The third kappa shape index (κ3) is 8.02. The minimum absolute atomic E-state index is 0.122. The van der Waals surface area contributed by atoms with Crippen molar-refractivity contribution in [2.75, 3.05) is 32.8 Å². The molecule has 1 aromatic carbocycles. The van der Waals surface area contributed by atoms with Gasteiger partial charge in [0, 0.05) is 13.1 Å². The van der Waals surface area contributed by atoms with Gasteiger partial charge in [0.25, 0.3) is 0 Å². The maximum atomic E-state index is 12.5. The van der Waals surface area contributed by atoms with Crippen LogP contribution in [0.3, 0.4) is 0 Å². The Kier molecular flexibility index (Phi) is 8.98. The molecule has 0 aromatic heterocycles. The lowest BCUT2D eigenvalue weighted by atomic mass is 10.1. The highest BCUT2D eigenvalue weighted by Crippen LogP contribution is 2.09. The van der Waals surface area contributed by atoms with Crippen molar-refractivity contribution in [3.63, 3.8) is 0 Å². The first-order chi connectivity index (χ1) is 12.1. The molecule has 1 atom stereocenters. The maximum absolute atomic E-state index is 12.5. The molecule has 140 valence electrons. The molecular weight excluding hydrogens is 312 g/mol. The molecule has 1 saturated heterocycles. The summed E-state index contributed by atoms with van der Waals surface area (Å²) < 4.78 is 5.51. The van der Waals surface area contributed by atoms with Gasteiger partial charge < -0.3 is 15.0 Å². The lowest BCUT2D eigenvalue weighted by Gasteiger charge is -2.27. The van der Waals surface area contributed by atoms with Crippen LogP contribution >= 0.6 is 0 Å². The van der Waals surface area contributed by atoms with Crippen molar-refractivity contribution < 1.29 is 9.53 Å². The Morgan fingerprint density at radius 2 is 1.88 bits per heavy atom. The second kappa shape index (κ2) is 11.3. The third-order valence-corrected chi connectivity index (χ3v) is 4.77. The second-order valence-electron chi connectivity index (χ2n) is 7.45. The van der Waals surface area contributed by atoms with E-state index in [9.17, 15) is 4.79 Å².